The highest BCUT2D eigenvalue weighted by molar-refractivity contribution is 6.00. The number of aromatic nitrogens is 4. The fraction of sp³-hybridized carbons (Fsp3) is 0.400. The molecule has 0 radical (unpaired) electrons. The summed E-state index contributed by atoms with van der Waals surface area (Å²) in [6, 6.07) is 4.90. The molecule has 3 aromatic heterocycles. The number of alkyl halides is 3. The van der Waals surface area contributed by atoms with Crippen molar-refractivity contribution in [2.75, 3.05) is 23.3 Å². The van der Waals surface area contributed by atoms with Gasteiger partial charge < -0.3 is 10.2 Å². The standard InChI is InChI=1S/C25H26F3N7O2/c1-17-12-29-16-34(17)21-6-5-19(13-31-21)33-15-24(8-3-2-4-9-24)35(23(33)37)14-22(36)32-20-11-18(7-10-30-20)25(26,27)28/h5-7,10-13,16H,2-4,8-9,14-15H2,1H3,(H,30,32,36). The number of amides is 3. The molecule has 0 atom stereocenters. The highest BCUT2D eigenvalue weighted by atomic mass is 19.4. The van der Waals surface area contributed by atoms with E-state index in [0.717, 1.165) is 56.1 Å². The summed E-state index contributed by atoms with van der Waals surface area (Å²) < 4.78 is 41.0. The first-order valence-corrected chi connectivity index (χ1v) is 12.0. The lowest BCUT2D eigenvalue weighted by atomic mass is 9.81. The quantitative estimate of drug-likeness (QED) is 0.539. The summed E-state index contributed by atoms with van der Waals surface area (Å²) in [5.41, 5.74) is 0.0879. The number of nitrogens with one attached hydrogen (secondary N) is 1. The van der Waals surface area contributed by atoms with Crippen LogP contribution in [0.25, 0.3) is 5.82 Å². The molecule has 0 aromatic carbocycles. The summed E-state index contributed by atoms with van der Waals surface area (Å²) >= 11 is 0. The molecule has 1 saturated heterocycles. The van der Waals surface area contributed by atoms with Crippen molar-refractivity contribution in [3.8, 4) is 5.82 Å². The van der Waals surface area contributed by atoms with E-state index in [4.69, 9.17) is 0 Å². The van der Waals surface area contributed by atoms with Crippen molar-refractivity contribution >= 4 is 23.4 Å². The Bertz CT molecular complexity index is 1300. The van der Waals surface area contributed by atoms with Gasteiger partial charge in [0.2, 0.25) is 5.91 Å². The number of rotatable bonds is 5. The molecule has 4 heterocycles. The molecule has 1 N–H and O–H groups in total. The molecule has 5 rings (SSSR count). The Kier molecular flexibility index (Phi) is 6.34. The van der Waals surface area contributed by atoms with E-state index in [2.05, 4.69) is 20.3 Å². The predicted octanol–water partition coefficient (Wildman–Crippen LogP) is 4.57. The Morgan fingerprint density at radius 1 is 1.11 bits per heavy atom. The smallest absolute Gasteiger partial charge is 0.309 e. The third kappa shape index (κ3) is 4.87. The summed E-state index contributed by atoms with van der Waals surface area (Å²) in [4.78, 5) is 42.1. The highest BCUT2D eigenvalue weighted by Crippen LogP contribution is 2.41. The average Bonchev–Trinajstić information content (AvgIpc) is 3.41. The van der Waals surface area contributed by atoms with Gasteiger partial charge >= 0.3 is 12.2 Å². The van der Waals surface area contributed by atoms with Gasteiger partial charge in [0.1, 0.15) is 24.5 Å². The summed E-state index contributed by atoms with van der Waals surface area (Å²) in [6.45, 7) is 2.04. The molecule has 1 aliphatic heterocycles. The Labute approximate surface area is 211 Å². The first-order valence-electron chi connectivity index (χ1n) is 12.0. The minimum Gasteiger partial charge on any atom is -0.309 e. The maximum atomic E-state index is 13.6. The normalized spacial score (nSPS) is 17.5. The lowest BCUT2D eigenvalue weighted by molar-refractivity contribution is -0.137. The van der Waals surface area contributed by atoms with E-state index in [1.807, 2.05) is 17.6 Å². The van der Waals surface area contributed by atoms with Crippen molar-refractivity contribution in [1.29, 1.82) is 0 Å². The van der Waals surface area contributed by atoms with Crippen molar-refractivity contribution in [3.63, 3.8) is 0 Å². The SMILES string of the molecule is Cc1cncn1-c1ccc(N2CC3(CCCCC3)N(CC(=O)Nc3cc(C(F)(F)F)ccn3)C2=O)cn1. The Morgan fingerprint density at radius 2 is 1.89 bits per heavy atom. The minimum atomic E-state index is -4.56. The van der Waals surface area contributed by atoms with Crippen molar-refractivity contribution < 1.29 is 22.8 Å². The van der Waals surface area contributed by atoms with Crippen LogP contribution in [0.15, 0.2) is 49.2 Å². The van der Waals surface area contributed by atoms with Crippen LogP contribution in [-0.2, 0) is 11.0 Å². The molecular formula is C25H26F3N7O2. The van der Waals surface area contributed by atoms with Crippen molar-refractivity contribution in [2.24, 2.45) is 0 Å². The minimum absolute atomic E-state index is 0.212. The molecule has 12 heteroatoms. The number of anilines is 2. The Hall–Kier alpha value is -3.96. The monoisotopic (exact) mass is 513 g/mol. The average molecular weight is 514 g/mol. The molecule has 37 heavy (non-hydrogen) atoms. The summed E-state index contributed by atoms with van der Waals surface area (Å²) in [6.07, 6.45) is 5.82. The lowest BCUT2D eigenvalue weighted by Crippen LogP contribution is -2.51. The molecule has 1 aliphatic carbocycles. The van der Waals surface area contributed by atoms with Gasteiger partial charge in [0.25, 0.3) is 0 Å². The first kappa shape index (κ1) is 24.7. The topological polar surface area (TPSA) is 96.3 Å². The molecule has 1 spiro atoms. The molecule has 9 nitrogen and oxygen atoms in total. The second kappa shape index (κ2) is 9.49. The fourth-order valence-corrected chi connectivity index (χ4v) is 5.15. The van der Waals surface area contributed by atoms with Gasteiger partial charge in [0.05, 0.1) is 29.5 Å². The third-order valence-electron chi connectivity index (χ3n) is 7.04. The Morgan fingerprint density at radius 3 is 2.54 bits per heavy atom. The number of carbonyl (C=O) groups is 2. The fourth-order valence-electron chi connectivity index (χ4n) is 5.15. The van der Waals surface area contributed by atoms with Crippen LogP contribution in [0.5, 0.6) is 0 Å². The van der Waals surface area contributed by atoms with Gasteiger partial charge in [0, 0.05) is 18.1 Å². The van der Waals surface area contributed by atoms with E-state index in [1.54, 1.807) is 34.6 Å². The van der Waals surface area contributed by atoms with Crippen LogP contribution in [0.4, 0.5) is 29.5 Å². The largest absolute Gasteiger partial charge is 0.416 e. The number of carbonyl (C=O) groups excluding carboxylic acids is 2. The van der Waals surface area contributed by atoms with Gasteiger partial charge in [0.15, 0.2) is 0 Å². The van der Waals surface area contributed by atoms with Gasteiger partial charge in [-0.25, -0.2) is 19.7 Å². The van der Waals surface area contributed by atoms with Gasteiger partial charge in [-0.2, -0.15) is 13.2 Å². The summed E-state index contributed by atoms with van der Waals surface area (Å²) in [7, 11) is 0. The highest BCUT2D eigenvalue weighted by Gasteiger charge is 2.50. The molecule has 3 amide bonds. The number of imidazole rings is 1. The molecular weight excluding hydrogens is 487 g/mol. The molecule has 194 valence electrons. The van der Waals surface area contributed by atoms with E-state index in [9.17, 15) is 22.8 Å². The second-order valence-corrected chi connectivity index (χ2v) is 9.50. The maximum Gasteiger partial charge on any atom is 0.416 e. The maximum absolute atomic E-state index is 13.6. The Balaban J connectivity index is 1.36. The zero-order valence-corrected chi connectivity index (χ0v) is 20.2. The van der Waals surface area contributed by atoms with Crippen LogP contribution in [0.2, 0.25) is 0 Å². The second-order valence-electron chi connectivity index (χ2n) is 9.50. The van der Waals surface area contributed by atoms with Crippen molar-refractivity contribution in [1.82, 2.24) is 24.4 Å². The lowest BCUT2D eigenvalue weighted by Gasteiger charge is -2.39. The molecule has 0 unspecified atom stereocenters. The number of hydrogen-bond donors (Lipinski definition) is 1. The van der Waals surface area contributed by atoms with Gasteiger partial charge in [-0.15, -0.1) is 0 Å². The molecule has 3 aromatic rings. The van der Waals surface area contributed by atoms with Gasteiger partial charge in [-0.3, -0.25) is 14.3 Å². The van der Waals surface area contributed by atoms with Crippen molar-refractivity contribution in [2.45, 2.75) is 50.7 Å². The van der Waals surface area contributed by atoms with E-state index in [1.165, 1.54) is 0 Å². The van der Waals surface area contributed by atoms with E-state index >= 15 is 0 Å². The van der Waals surface area contributed by atoms with Gasteiger partial charge in [-0.1, -0.05) is 19.3 Å². The van der Waals surface area contributed by atoms with Crippen LogP contribution < -0.4 is 10.2 Å². The number of pyridine rings is 2. The van der Waals surface area contributed by atoms with Crippen LogP contribution in [0.1, 0.15) is 43.4 Å². The number of urea groups is 1. The first-order chi connectivity index (χ1) is 17.7. The molecule has 1 saturated carbocycles. The summed E-state index contributed by atoms with van der Waals surface area (Å²) in [5.74, 6) is -0.144. The van der Waals surface area contributed by atoms with Gasteiger partial charge in [-0.05, 0) is 44.0 Å². The number of nitrogens with zero attached hydrogens (tertiary/aromatic N) is 6. The van der Waals surface area contributed by atoms with Crippen LogP contribution in [-0.4, -0.2) is 55.0 Å². The molecule has 2 aliphatic rings. The number of halogens is 3. The number of hydrogen-bond acceptors (Lipinski definition) is 5. The van der Waals surface area contributed by atoms with E-state index < -0.39 is 23.2 Å². The zero-order chi connectivity index (χ0) is 26.2. The summed E-state index contributed by atoms with van der Waals surface area (Å²) in [5, 5.41) is 2.42. The third-order valence-corrected chi connectivity index (χ3v) is 7.04. The van der Waals surface area contributed by atoms with E-state index in [-0.39, 0.29) is 18.4 Å². The van der Waals surface area contributed by atoms with Crippen molar-refractivity contribution in [3.05, 3.63) is 60.4 Å². The molecule has 0 bridgehead atoms. The zero-order valence-electron chi connectivity index (χ0n) is 20.2. The van der Waals surface area contributed by atoms with Crippen LogP contribution in [0, 0.1) is 6.92 Å². The van der Waals surface area contributed by atoms with Crippen LogP contribution in [0.3, 0.4) is 0 Å². The predicted molar refractivity (Wildman–Crippen MR) is 129 cm³/mol. The van der Waals surface area contributed by atoms with E-state index in [0.29, 0.717) is 18.1 Å². The number of aryl methyl sites for hydroxylation is 1. The van der Waals surface area contributed by atoms with Crippen LogP contribution >= 0.6 is 0 Å². The molecule has 2 fully saturated rings.